The molecule has 1 saturated heterocycles. The van der Waals surface area contributed by atoms with Crippen molar-refractivity contribution in [1.29, 1.82) is 0 Å². The number of ether oxygens (including phenoxy) is 2. The Morgan fingerprint density at radius 1 is 1.24 bits per heavy atom. The summed E-state index contributed by atoms with van der Waals surface area (Å²) in [7, 11) is 0. The molecule has 2 unspecified atom stereocenters. The number of nitrogens with two attached hydrogens (primary N) is 1. The third kappa shape index (κ3) is 3.18. The Hall–Kier alpha value is -3.17. The minimum Gasteiger partial charge on any atom is -0.480 e. The van der Waals surface area contributed by atoms with Crippen LogP contribution in [0.4, 0.5) is 14.0 Å². The van der Waals surface area contributed by atoms with Crippen molar-refractivity contribution >= 4 is 23.9 Å². The predicted molar refractivity (Wildman–Crippen MR) is 95.0 cm³/mol. The van der Waals surface area contributed by atoms with Crippen LogP contribution in [0.25, 0.3) is 0 Å². The zero-order valence-electron chi connectivity index (χ0n) is 15.5. The molecule has 154 valence electrons. The lowest BCUT2D eigenvalue weighted by atomic mass is 9.81. The Morgan fingerprint density at radius 2 is 1.97 bits per heavy atom. The largest absolute Gasteiger partial charge is 0.480 e. The van der Waals surface area contributed by atoms with Gasteiger partial charge in [-0.05, 0) is 43.9 Å². The Morgan fingerprint density at radius 3 is 2.66 bits per heavy atom. The van der Waals surface area contributed by atoms with Crippen LogP contribution in [0.3, 0.4) is 0 Å². The third-order valence-corrected chi connectivity index (χ3v) is 5.57. The minimum atomic E-state index is -1.85. The maximum atomic E-state index is 13.9. The van der Waals surface area contributed by atoms with E-state index in [1.807, 2.05) is 0 Å². The van der Waals surface area contributed by atoms with Crippen LogP contribution >= 0.6 is 0 Å². The van der Waals surface area contributed by atoms with Gasteiger partial charge in [0.2, 0.25) is 0 Å². The molecule has 2 heterocycles. The first kappa shape index (κ1) is 19.2. The Bertz CT molecular complexity index is 900. The van der Waals surface area contributed by atoms with Crippen molar-refractivity contribution in [2.24, 2.45) is 5.73 Å². The van der Waals surface area contributed by atoms with Crippen molar-refractivity contribution in [3.63, 3.8) is 0 Å². The maximum Gasteiger partial charge on any atom is 0.425 e. The van der Waals surface area contributed by atoms with Crippen molar-refractivity contribution in [3.8, 4) is 5.75 Å². The summed E-state index contributed by atoms with van der Waals surface area (Å²) in [5.41, 5.74) is 3.50. The number of benzene rings is 1. The first-order chi connectivity index (χ1) is 13.8. The summed E-state index contributed by atoms with van der Waals surface area (Å²) in [5.74, 6) is -2.46. The fourth-order valence-electron chi connectivity index (χ4n) is 4.12. The first-order valence-electron chi connectivity index (χ1n) is 9.45. The third-order valence-electron chi connectivity index (χ3n) is 5.57. The molecule has 1 aliphatic carbocycles. The first-order valence-corrected chi connectivity index (χ1v) is 9.45. The summed E-state index contributed by atoms with van der Waals surface area (Å²) in [4.78, 5) is 50.5. The molecule has 1 saturated carbocycles. The van der Waals surface area contributed by atoms with Crippen LogP contribution in [0.2, 0.25) is 0 Å². The number of amides is 5. The van der Waals surface area contributed by atoms with E-state index in [1.54, 1.807) is 0 Å². The Balaban J connectivity index is 1.68. The highest BCUT2D eigenvalue weighted by atomic mass is 19.1. The lowest BCUT2D eigenvalue weighted by molar-refractivity contribution is -0.134. The number of fused-ring (bicyclic) bond motifs is 2. The molecule has 1 aromatic carbocycles. The molecular weight excluding hydrogens is 385 g/mol. The second-order valence-corrected chi connectivity index (χ2v) is 7.47. The topological polar surface area (TPSA) is 128 Å². The molecule has 4 rings (SSSR count). The summed E-state index contributed by atoms with van der Waals surface area (Å²) in [6.45, 7) is 0. The number of hydrogen-bond acceptors (Lipinski definition) is 6. The fourth-order valence-corrected chi connectivity index (χ4v) is 4.12. The quantitative estimate of drug-likeness (QED) is 0.721. The molecule has 0 radical (unpaired) electrons. The summed E-state index contributed by atoms with van der Waals surface area (Å²) in [6, 6.07) is 2.35. The van der Waals surface area contributed by atoms with Gasteiger partial charge in [0.1, 0.15) is 17.7 Å². The summed E-state index contributed by atoms with van der Waals surface area (Å²) in [5, 5.41) is 2.44. The van der Waals surface area contributed by atoms with E-state index in [4.69, 9.17) is 15.2 Å². The van der Waals surface area contributed by atoms with Crippen molar-refractivity contribution in [3.05, 3.63) is 29.6 Å². The van der Waals surface area contributed by atoms with Gasteiger partial charge in [-0.2, -0.15) is 4.90 Å². The molecule has 9 nitrogen and oxygen atoms in total. The highest BCUT2D eigenvalue weighted by Crippen LogP contribution is 2.43. The number of halogens is 1. The second-order valence-electron chi connectivity index (χ2n) is 7.47. The highest BCUT2D eigenvalue weighted by molar-refractivity contribution is 6.17. The average Bonchev–Trinajstić information content (AvgIpc) is 2.93. The molecular formula is C19H20FN3O6. The van der Waals surface area contributed by atoms with Gasteiger partial charge in [-0.25, -0.2) is 14.0 Å². The van der Waals surface area contributed by atoms with E-state index in [0.717, 1.165) is 31.4 Å². The Labute approximate surface area is 165 Å². The van der Waals surface area contributed by atoms with Crippen molar-refractivity contribution in [2.75, 3.05) is 0 Å². The van der Waals surface area contributed by atoms with Crippen LogP contribution in [-0.4, -0.2) is 41.0 Å². The van der Waals surface area contributed by atoms with Gasteiger partial charge in [0, 0.05) is 12.0 Å². The van der Waals surface area contributed by atoms with Gasteiger partial charge in [-0.3, -0.25) is 9.59 Å². The van der Waals surface area contributed by atoms with Crippen molar-refractivity contribution in [2.45, 2.75) is 56.3 Å². The van der Waals surface area contributed by atoms with Gasteiger partial charge in [0.05, 0.1) is 0 Å². The minimum absolute atomic E-state index is 0.0151. The lowest BCUT2D eigenvalue weighted by Gasteiger charge is -2.36. The predicted octanol–water partition coefficient (Wildman–Crippen LogP) is 1.68. The second kappa shape index (κ2) is 7.02. The smallest absolute Gasteiger partial charge is 0.425 e. The van der Waals surface area contributed by atoms with Crippen LogP contribution in [0.1, 0.15) is 44.1 Å². The number of hydrogen-bond donors (Lipinski definition) is 2. The summed E-state index contributed by atoms with van der Waals surface area (Å²) < 4.78 is 24.7. The van der Waals surface area contributed by atoms with Gasteiger partial charge in [-0.15, -0.1) is 0 Å². The van der Waals surface area contributed by atoms with Crippen molar-refractivity contribution < 1.29 is 33.0 Å². The zero-order chi connectivity index (χ0) is 20.8. The average molecular weight is 405 g/mol. The number of primary amides is 1. The van der Waals surface area contributed by atoms with E-state index in [-0.39, 0.29) is 23.8 Å². The highest BCUT2D eigenvalue weighted by Gasteiger charge is 2.60. The number of nitrogens with one attached hydrogen (secondary N) is 1. The molecule has 1 spiro atoms. The molecule has 2 aliphatic heterocycles. The van der Waals surface area contributed by atoms with Gasteiger partial charge in [-0.1, -0.05) is 6.42 Å². The molecule has 0 bridgehead atoms. The summed E-state index contributed by atoms with van der Waals surface area (Å²) in [6.07, 6.45) is 1.08. The summed E-state index contributed by atoms with van der Waals surface area (Å²) >= 11 is 0. The Kier molecular flexibility index (Phi) is 4.64. The molecule has 2 atom stereocenters. The van der Waals surface area contributed by atoms with Gasteiger partial charge in [0.25, 0.3) is 11.8 Å². The van der Waals surface area contributed by atoms with Crippen LogP contribution in [0.5, 0.6) is 5.75 Å². The molecule has 3 N–H and O–H groups in total. The van der Waals surface area contributed by atoms with Gasteiger partial charge < -0.3 is 20.5 Å². The zero-order valence-corrected chi connectivity index (χ0v) is 15.5. The van der Waals surface area contributed by atoms with E-state index in [2.05, 4.69) is 5.32 Å². The number of imide groups is 3. The van der Waals surface area contributed by atoms with Crippen LogP contribution in [0, 0.1) is 5.82 Å². The van der Waals surface area contributed by atoms with E-state index >= 15 is 0 Å². The van der Waals surface area contributed by atoms with Crippen LogP contribution in [-0.2, 0) is 19.9 Å². The monoisotopic (exact) mass is 405 g/mol. The SMILES string of the molecule is NC(=O)C1CC2(NC(=O)N(C(=O)OC3CCCCC3)C2=O)c2cc(F)ccc2O1. The number of rotatable bonds is 2. The van der Waals surface area contributed by atoms with E-state index < -0.39 is 41.4 Å². The normalized spacial score (nSPS) is 26.7. The van der Waals surface area contributed by atoms with E-state index in [9.17, 15) is 23.6 Å². The maximum absolute atomic E-state index is 13.9. The molecule has 10 heteroatoms. The van der Waals surface area contributed by atoms with Crippen LogP contribution in [0.15, 0.2) is 18.2 Å². The van der Waals surface area contributed by atoms with E-state index in [1.165, 1.54) is 6.07 Å². The number of carbonyl (C=O) groups is 4. The lowest BCUT2D eigenvalue weighted by Crippen LogP contribution is -2.53. The number of carbonyl (C=O) groups excluding carboxylic acids is 4. The molecule has 2 fully saturated rings. The molecule has 0 aromatic heterocycles. The van der Waals surface area contributed by atoms with Crippen molar-refractivity contribution in [1.82, 2.24) is 10.2 Å². The van der Waals surface area contributed by atoms with Crippen LogP contribution < -0.4 is 15.8 Å². The van der Waals surface area contributed by atoms with E-state index in [0.29, 0.717) is 17.7 Å². The molecule has 5 amide bonds. The molecule has 29 heavy (non-hydrogen) atoms. The number of urea groups is 1. The standard InChI is InChI=1S/C19H20FN3O6/c20-10-6-7-13-12(8-10)19(9-14(29-13)15(21)24)16(25)23(17(26)22-19)18(27)28-11-4-2-1-3-5-11/h6-8,11,14H,1-5,9H2,(H2,21,24)(H,22,26). The van der Waals surface area contributed by atoms with Gasteiger partial charge >= 0.3 is 12.1 Å². The van der Waals surface area contributed by atoms with Gasteiger partial charge in [0.15, 0.2) is 11.6 Å². The fraction of sp³-hybridized carbons (Fsp3) is 0.474. The number of nitrogens with zero attached hydrogens (tertiary/aromatic N) is 1. The molecule has 1 aromatic rings. The molecule has 3 aliphatic rings.